The molecule has 0 aromatic heterocycles. The van der Waals surface area contributed by atoms with Gasteiger partial charge in [0.25, 0.3) is 0 Å². The van der Waals surface area contributed by atoms with Crippen LogP contribution < -0.4 is 11.1 Å². The molecule has 0 unspecified atom stereocenters. The van der Waals surface area contributed by atoms with E-state index >= 15 is 0 Å². The first-order chi connectivity index (χ1) is 11.1. The topological polar surface area (TPSA) is 84.7 Å². The lowest BCUT2D eigenvalue weighted by atomic mass is 9.88. The van der Waals surface area contributed by atoms with Crippen molar-refractivity contribution in [3.8, 4) is 0 Å². The Hall–Kier alpha value is -1.14. The van der Waals surface area contributed by atoms with Gasteiger partial charge in [-0.2, -0.15) is 0 Å². The van der Waals surface area contributed by atoms with E-state index in [0.29, 0.717) is 31.7 Å². The second-order valence-corrected chi connectivity index (χ2v) is 6.97. The molecule has 6 heteroatoms. The number of rotatable bonds is 7. The average Bonchev–Trinajstić information content (AvgIpc) is 2.53. The minimum Gasteiger partial charge on any atom is -0.376 e. The number of nitrogens with one attached hydrogen (secondary N) is 1. The molecule has 1 saturated heterocycles. The van der Waals surface area contributed by atoms with Crippen molar-refractivity contribution in [2.45, 2.75) is 51.6 Å². The SMILES string of the molecule is C[C@@H]1CCCC[C@@H]1OCCNC(=O)CN1CCC(C(N)=O)CC1. The summed E-state index contributed by atoms with van der Waals surface area (Å²) in [6.07, 6.45) is 6.82. The number of likely N-dealkylation sites (tertiary alicyclic amines) is 1. The zero-order chi connectivity index (χ0) is 16.7. The summed E-state index contributed by atoms with van der Waals surface area (Å²) in [6.45, 7) is 5.32. The Bertz CT molecular complexity index is 395. The highest BCUT2D eigenvalue weighted by atomic mass is 16.5. The second-order valence-electron chi connectivity index (χ2n) is 6.97. The van der Waals surface area contributed by atoms with Gasteiger partial charge in [-0.05, 0) is 44.7 Å². The number of piperidine rings is 1. The van der Waals surface area contributed by atoms with Gasteiger partial charge in [0.05, 0.1) is 19.3 Å². The summed E-state index contributed by atoms with van der Waals surface area (Å²) in [5.41, 5.74) is 5.32. The van der Waals surface area contributed by atoms with E-state index in [0.717, 1.165) is 32.4 Å². The molecule has 2 rings (SSSR count). The first-order valence-corrected chi connectivity index (χ1v) is 8.96. The summed E-state index contributed by atoms with van der Waals surface area (Å²) < 4.78 is 5.90. The summed E-state index contributed by atoms with van der Waals surface area (Å²) >= 11 is 0. The maximum absolute atomic E-state index is 11.9. The average molecular weight is 325 g/mol. The molecule has 0 aromatic carbocycles. The van der Waals surface area contributed by atoms with Gasteiger partial charge in [-0.25, -0.2) is 0 Å². The molecule has 0 aromatic rings. The van der Waals surface area contributed by atoms with E-state index in [2.05, 4.69) is 17.1 Å². The minimum absolute atomic E-state index is 0.0276. The zero-order valence-electron chi connectivity index (χ0n) is 14.3. The van der Waals surface area contributed by atoms with Crippen LogP contribution in [0.15, 0.2) is 0 Å². The molecule has 23 heavy (non-hydrogen) atoms. The Morgan fingerprint density at radius 1 is 1.17 bits per heavy atom. The minimum atomic E-state index is -0.219. The molecule has 0 spiro atoms. The Morgan fingerprint density at radius 3 is 2.52 bits per heavy atom. The van der Waals surface area contributed by atoms with Crippen molar-refractivity contribution in [3.05, 3.63) is 0 Å². The number of primary amides is 1. The Balaban J connectivity index is 1.54. The third kappa shape index (κ3) is 6.11. The van der Waals surface area contributed by atoms with E-state index in [1.165, 1.54) is 19.3 Å². The fourth-order valence-corrected chi connectivity index (χ4v) is 3.57. The number of nitrogens with zero attached hydrogens (tertiary/aromatic N) is 1. The van der Waals surface area contributed by atoms with Crippen LogP contribution in [0.25, 0.3) is 0 Å². The maximum atomic E-state index is 11.9. The summed E-state index contributed by atoms with van der Waals surface area (Å²) in [4.78, 5) is 25.1. The van der Waals surface area contributed by atoms with E-state index in [9.17, 15) is 9.59 Å². The number of carbonyl (C=O) groups excluding carboxylic acids is 2. The number of amides is 2. The number of carbonyl (C=O) groups is 2. The lowest BCUT2D eigenvalue weighted by molar-refractivity contribution is -0.124. The summed E-state index contributed by atoms with van der Waals surface area (Å²) in [6, 6.07) is 0. The number of hydrogen-bond donors (Lipinski definition) is 2. The number of hydrogen-bond acceptors (Lipinski definition) is 4. The summed E-state index contributed by atoms with van der Waals surface area (Å²) in [5, 5.41) is 2.92. The zero-order valence-corrected chi connectivity index (χ0v) is 14.3. The van der Waals surface area contributed by atoms with Crippen LogP contribution in [-0.2, 0) is 14.3 Å². The van der Waals surface area contributed by atoms with Crippen LogP contribution in [0.2, 0.25) is 0 Å². The van der Waals surface area contributed by atoms with E-state index in [4.69, 9.17) is 10.5 Å². The molecule has 2 aliphatic rings. The van der Waals surface area contributed by atoms with Gasteiger partial charge in [0.2, 0.25) is 11.8 Å². The van der Waals surface area contributed by atoms with Crippen LogP contribution in [0.5, 0.6) is 0 Å². The molecular formula is C17H31N3O3. The highest BCUT2D eigenvalue weighted by Crippen LogP contribution is 2.25. The van der Waals surface area contributed by atoms with Crippen molar-refractivity contribution in [1.29, 1.82) is 0 Å². The Kier molecular flexibility index (Phi) is 7.30. The van der Waals surface area contributed by atoms with Crippen LogP contribution in [0.3, 0.4) is 0 Å². The molecule has 0 radical (unpaired) electrons. The van der Waals surface area contributed by atoms with Crippen LogP contribution in [0.4, 0.5) is 0 Å². The van der Waals surface area contributed by atoms with Crippen molar-refractivity contribution >= 4 is 11.8 Å². The number of ether oxygens (including phenoxy) is 1. The van der Waals surface area contributed by atoms with Gasteiger partial charge in [-0.3, -0.25) is 14.5 Å². The van der Waals surface area contributed by atoms with Crippen LogP contribution in [0, 0.1) is 11.8 Å². The van der Waals surface area contributed by atoms with Gasteiger partial charge in [0.1, 0.15) is 0 Å². The largest absolute Gasteiger partial charge is 0.376 e. The second kappa shape index (κ2) is 9.23. The Morgan fingerprint density at radius 2 is 1.87 bits per heavy atom. The van der Waals surface area contributed by atoms with Gasteiger partial charge >= 0.3 is 0 Å². The lowest BCUT2D eigenvalue weighted by Crippen LogP contribution is -2.44. The molecule has 1 saturated carbocycles. The van der Waals surface area contributed by atoms with E-state index in [1.54, 1.807) is 0 Å². The first-order valence-electron chi connectivity index (χ1n) is 8.96. The third-order valence-corrected chi connectivity index (χ3v) is 5.15. The monoisotopic (exact) mass is 325 g/mol. The molecular weight excluding hydrogens is 294 g/mol. The van der Waals surface area contributed by atoms with Crippen molar-refractivity contribution in [2.24, 2.45) is 17.6 Å². The molecule has 3 N–H and O–H groups in total. The van der Waals surface area contributed by atoms with Crippen LogP contribution >= 0.6 is 0 Å². The lowest BCUT2D eigenvalue weighted by Gasteiger charge is -2.30. The van der Waals surface area contributed by atoms with E-state index in [-0.39, 0.29) is 17.7 Å². The molecule has 0 bridgehead atoms. The van der Waals surface area contributed by atoms with E-state index in [1.807, 2.05) is 0 Å². The third-order valence-electron chi connectivity index (χ3n) is 5.15. The quantitative estimate of drug-likeness (QED) is 0.681. The van der Waals surface area contributed by atoms with Gasteiger partial charge in [0, 0.05) is 12.5 Å². The fourth-order valence-electron chi connectivity index (χ4n) is 3.57. The molecule has 2 atom stereocenters. The van der Waals surface area contributed by atoms with Crippen molar-refractivity contribution < 1.29 is 14.3 Å². The van der Waals surface area contributed by atoms with Gasteiger partial charge in [0.15, 0.2) is 0 Å². The summed E-state index contributed by atoms with van der Waals surface area (Å²) in [5.74, 6) is 0.414. The Labute approximate surface area is 139 Å². The first kappa shape index (κ1) is 18.2. The molecule has 132 valence electrons. The predicted molar refractivity (Wildman–Crippen MR) is 88.7 cm³/mol. The van der Waals surface area contributed by atoms with Crippen LogP contribution in [0.1, 0.15) is 45.4 Å². The standard InChI is InChI=1S/C17H31N3O3/c1-13-4-2-3-5-15(13)23-11-8-19-16(21)12-20-9-6-14(7-10-20)17(18)22/h13-15H,2-12H2,1H3,(H2,18,22)(H,19,21)/t13-,15+/m1/s1. The van der Waals surface area contributed by atoms with Gasteiger partial charge in [-0.1, -0.05) is 19.8 Å². The molecule has 2 fully saturated rings. The molecule has 1 heterocycles. The predicted octanol–water partition coefficient (Wildman–Crippen LogP) is 0.895. The molecule has 2 amide bonds. The van der Waals surface area contributed by atoms with Crippen LogP contribution in [-0.4, -0.2) is 55.6 Å². The number of nitrogens with two attached hydrogens (primary N) is 1. The molecule has 1 aliphatic carbocycles. The smallest absolute Gasteiger partial charge is 0.234 e. The van der Waals surface area contributed by atoms with E-state index < -0.39 is 0 Å². The normalized spacial score (nSPS) is 26.8. The van der Waals surface area contributed by atoms with Crippen molar-refractivity contribution in [2.75, 3.05) is 32.8 Å². The highest BCUT2D eigenvalue weighted by Gasteiger charge is 2.24. The molecule has 6 nitrogen and oxygen atoms in total. The highest BCUT2D eigenvalue weighted by molar-refractivity contribution is 5.78. The fraction of sp³-hybridized carbons (Fsp3) is 0.882. The maximum Gasteiger partial charge on any atom is 0.234 e. The van der Waals surface area contributed by atoms with Crippen molar-refractivity contribution in [1.82, 2.24) is 10.2 Å². The molecule has 1 aliphatic heterocycles. The van der Waals surface area contributed by atoms with Crippen molar-refractivity contribution in [3.63, 3.8) is 0 Å². The van der Waals surface area contributed by atoms with Gasteiger partial charge < -0.3 is 15.8 Å². The van der Waals surface area contributed by atoms with Gasteiger partial charge in [-0.15, -0.1) is 0 Å². The summed E-state index contributed by atoms with van der Waals surface area (Å²) in [7, 11) is 0.